The van der Waals surface area contributed by atoms with Crippen molar-refractivity contribution in [1.29, 1.82) is 0 Å². The largest absolute Gasteiger partial charge is 0.756 e. The van der Waals surface area contributed by atoms with Crippen molar-refractivity contribution in [2.75, 3.05) is 11.9 Å². The van der Waals surface area contributed by atoms with E-state index in [0.717, 1.165) is 23.2 Å². The van der Waals surface area contributed by atoms with Crippen LogP contribution in [0.15, 0.2) is 66.9 Å². The van der Waals surface area contributed by atoms with Gasteiger partial charge < -0.3 is 49.7 Å². The van der Waals surface area contributed by atoms with Crippen LogP contribution >= 0.6 is 15.6 Å². The van der Waals surface area contributed by atoms with Gasteiger partial charge >= 0.3 is 12.1 Å². The predicted molar refractivity (Wildman–Crippen MR) is 136 cm³/mol. The number of hydrogen-bond donors (Lipinski definition) is 5. The van der Waals surface area contributed by atoms with Crippen LogP contribution in [0.5, 0.6) is 0 Å². The number of amides is 4. The van der Waals surface area contributed by atoms with Crippen LogP contribution in [-0.2, 0) is 33.8 Å². The molecule has 4 rings (SSSR count). The second-order valence-corrected chi connectivity index (χ2v) is 11.8. The Morgan fingerprint density at radius 2 is 1.71 bits per heavy atom. The average Bonchev–Trinajstić information content (AvgIpc) is 3.21. The van der Waals surface area contributed by atoms with E-state index >= 15 is 0 Å². The molecular formula is C23H25FN4O12P2-2. The number of aliphatic hydroxyl groups is 2. The molecule has 0 bridgehead atoms. The maximum absolute atomic E-state index is 13.0. The molecule has 0 aromatic heterocycles. The van der Waals surface area contributed by atoms with E-state index in [9.17, 15) is 43.1 Å². The SMILES string of the molecule is O=C(Nc1ccc(F)cc1)NC1C=CN([C@@H]2O[C@H](COP(=O)([O-])OP(=O)([O-])OCc3ccccc3)[C@H](O)C2O)C(=O)N1. The highest BCUT2D eigenvalue weighted by Gasteiger charge is 2.47. The number of anilines is 1. The number of hydrogen-bond acceptors (Lipinski definition) is 12. The molecule has 0 spiro atoms. The lowest BCUT2D eigenvalue weighted by Gasteiger charge is -2.33. The number of phosphoric acid groups is 2. The van der Waals surface area contributed by atoms with E-state index in [2.05, 4.69) is 29.3 Å². The zero-order valence-corrected chi connectivity index (χ0v) is 23.1. The van der Waals surface area contributed by atoms with E-state index in [-0.39, 0.29) is 5.69 Å². The minimum absolute atomic E-state index is 0.289. The van der Waals surface area contributed by atoms with Crippen LogP contribution in [0.25, 0.3) is 0 Å². The smallest absolute Gasteiger partial charge is 0.325 e. The number of urea groups is 2. The number of rotatable bonds is 11. The highest BCUT2D eigenvalue weighted by atomic mass is 31.3. The normalized spacial score (nSPS) is 26.6. The summed E-state index contributed by atoms with van der Waals surface area (Å²) in [4.78, 5) is 49.6. The molecule has 7 atom stereocenters. The number of phosphoric ester groups is 2. The van der Waals surface area contributed by atoms with Crippen LogP contribution in [-0.4, -0.2) is 64.5 Å². The topological polar surface area (TPSA) is 231 Å². The zero-order valence-electron chi connectivity index (χ0n) is 21.3. The van der Waals surface area contributed by atoms with E-state index < -0.39 is 77.4 Å². The Morgan fingerprint density at radius 3 is 2.38 bits per heavy atom. The van der Waals surface area contributed by atoms with E-state index in [1.54, 1.807) is 18.2 Å². The summed E-state index contributed by atoms with van der Waals surface area (Å²) < 4.78 is 55.5. The number of nitrogens with zero attached hydrogens (tertiary/aromatic N) is 1. The van der Waals surface area contributed by atoms with Crippen LogP contribution in [0.2, 0.25) is 0 Å². The Bertz CT molecular complexity index is 1390. The van der Waals surface area contributed by atoms with E-state index in [1.807, 2.05) is 0 Å². The summed E-state index contributed by atoms with van der Waals surface area (Å²) in [5, 5.41) is 28.0. The molecular weight excluding hydrogens is 605 g/mol. The van der Waals surface area contributed by atoms with Crippen molar-refractivity contribution in [3.05, 3.63) is 78.3 Å². The summed E-state index contributed by atoms with van der Waals surface area (Å²) in [6.45, 7) is -1.48. The van der Waals surface area contributed by atoms with Crippen LogP contribution in [0.3, 0.4) is 0 Å². The maximum atomic E-state index is 13.0. The summed E-state index contributed by atoms with van der Waals surface area (Å²) >= 11 is 0. The van der Waals surface area contributed by atoms with Crippen molar-refractivity contribution in [2.45, 2.75) is 37.3 Å². The van der Waals surface area contributed by atoms with Crippen molar-refractivity contribution >= 4 is 33.4 Å². The lowest BCUT2D eigenvalue weighted by molar-refractivity contribution is -0.246. The first kappa shape index (κ1) is 31.7. The average molecular weight is 630 g/mol. The fraction of sp³-hybridized carbons (Fsp3) is 0.304. The molecule has 1 saturated heterocycles. The van der Waals surface area contributed by atoms with Gasteiger partial charge in [-0.05, 0) is 35.9 Å². The third-order valence-corrected chi connectivity index (χ3v) is 8.29. The number of aliphatic hydroxyl groups excluding tert-OH is 2. The van der Waals surface area contributed by atoms with Crippen LogP contribution in [0.1, 0.15) is 5.56 Å². The molecule has 2 aromatic rings. The second-order valence-electron chi connectivity index (χ2n) is 8.86. The van der Waals surface area contributed by atoms with Gasteiger partial charge in [0, 0.05) is 11.9 Å². The Morgan fingerprint density at radius 1 is 1.05 bits per heavy atom. The van der Waals surface area contributed by atoms with Crippen molar-refractivity contribution < 1.29 is 61.2 Å². The molecule has 19 heteroatoms. The van der Waals surface area contributed by atoms with Crippen molar-refractivity contribution in [2.24, 2.45) is 0 Å². The highest BCUT2D eigenvalue weighted by Crippen LogP contribution is 2.56. The first-order valence-corrected chi connectivity index (χ1v) is 15.0. The van der Waals surface area contributed by atoms with E-state index in [1.165, 1.54) is 30.3 Å². The van der Waals surface area contributed by atoms with E-state index in [0.29, 0.717) is 5.56 Å². The summed E-state index contributed by atoms with van der Waals surface area (Å²) in [5.74, 6) is -0.494. The highest BCUT2D eigenvalue weighted by molar-refractivity contribution is 7.59. The van der Waals surface area contributed by atoms with Gasteiger partial charge in [0.15, 0.2) is 6.23 Å². The monoisotopic (exact) mass is 630 g/mol. The van der Waals surface area contributed by atoms with Crippen LogP contribution < -0.4 is 25.7 Å². The molecule has 4 amide bonds. The quantitative estimate of drug-likeness (QED) is 0.213. The third kappa shape index (κ3) is 8.65. The summed E-state index contributed by atoms with van der Waals surface area (Å²) in [6, 6.07) is 11.3. The molecule has 2 heterocycles. The lowest BCUT2D eigenvalue weighted by Crippen LogP contribution is -2.57. The van der Waals surface area contributed by atoms with Crippen molar-refractivity contribution in [1.82, 2.24) is 15.5 Å². The molecule has 1 fully saturated rings. The fourth-order valence-electron chi connectivity index (χ4n) is 3.79. The summed E-state index contributed by atoms with van der Waals surface area (Å²) in [5.41, 5.74) is 0.713. The molecule has 2 aromatic carbocycles. The molecule has 0 radical (unpaired) electrons. The van der Waals surface area contributed by atoms with Crippen molar-refractivity contribution in [3.8, 4) is 0 Å². The van der Waals surface area contributed by atoms with Gasteiger partial charge in [-0.15, -0.1) is 0 Å². The zero-order chi connectivity index (χ0) is 30.5. The Labute approximate surface area is 237 Å². The van der Waals surface area contributed by atoms with Gasteiger partial charge in [0.25, 0.3) is 15.6 Å². The second kappa shape index (κ2) is 13.4. The number of halogens is 1. The minimum Gasteiger partial charge on any atom is -0.756 e. The number of carbonyl (C=O) groups excluding carboxylic acids is 2. The molecule has 2 aliphatic rings. The van der Waals surface area contributed by atoms with Crippen molar-refractivity contribution in [3.63, 3.8) is 0 Å². The van der Waals surface area contributed by atoms with Crippen LogP contribution in [0, 0.1) is 5.82 Å². The predicted octanol–water partition coefficient (Wildman–Crippen LogP) is 0.446. The fourth-order valence-corrected chi connectivity index (χ4v) is 5.78. The first-order valence-electron chi connectivity index (χ1n) is 12.1. The third-order valence-electron chi connectivity index (χ3n) is 5.78. The number of carbonyl (C=O) groups is 2. The minimum atomic E-state index is -5.54. The molecule has 2 aliphatic heterocycles. The molecule has 42 heavy (non-hydrogen) atoms. The molecule has 16 nitrogen and oxygen atoms in total. The summed E-state index contributed by atoms with van der Waals surface area (Å²) in [7, 11) is -10.9. The lowest BCUT2D eigenvalue weighted by atomic mass is 10.1. The van der Waals surface area contributed by atoms with Gasteiger partial charge in [-0.25, -0.2) is 18.3 Å². The summed E-state index contributed by atoms with van der Waals surface area (Å²) in [6.07, 6.45) is -5.12. The van der Waals surface area contributed by atoms with Gasteiger partial charge in [0.05, 0.1) is 13.2 Å². The Hall–Kier alpha value is -3.21. The maximum Gasteiger partial charge on any atom is 0.325 e. The number of benzene rings is 2. The molecule has 5 N–H and O–H groups in total. The molecule has 0 aliphatic carbocycles. The Kier molecular flexibility index (Phi) is 10.1. The van der Waals surface area contributed by atoms with Gasteiger partial charge in [0.2, 0.25) is 0 Å². The number of ether oxygens (including phenoxy) is 1. The first-order chi connectivity index (χ1) is 19.8. The molecule has 0 saturated carbocycles. The Balaban J connectivity index is 1.27. The number of nitrogens with one attached hydrogen (secondary N) is 3. The molecule has 228 valence electrons. The van der Waals surface area contributed by atoms with Gasteiger partial charge in [0.1, 0.15) is 30.3 Å². The van der Waals surface area contributed by atoms with Gasteiger partial charge in [-0.3, -0.25) is 14.0 Å². The van der Waals surface area contributed by atoms with Gasteiger partial charge in [-0.1, -0.05) is 30.3 Å². The van der Waals surface area contributed by atoms with E-state index in [4.69, 9.17) is 4.74 Å². The molecule has 4 unspecified atom stereocenters. The standard InChI is InChI=1S/C23H27FN4O12P2/c24-15-6-8-16(9-7-15)25-22(31)26-18-10-11-28(23(32)27-18)21-20(30)19(29)17(39-21)13-38-42(35,36)40-41(33,34)37-12-14-4-2-1-3-5-14/h1-11,17-21,29-30H,12-13H2,(H,27,32)(H,33,34)(H,35,36)(H2,25,26,31)/p-2/t17-,18?,19+,20?,21-/m1/s1. The van der Waals surface area contributed by atoms with Crippen LogP contribution in [0.4, 0.5) is 19.7 Å². The van der Waals surface area contributed by atoms with Gasteiger partial charge in [-0.2, -0.15) is 0 Å².